The highest BCUT2D eigenvalue weighted by Gasteiger charge is 2.22. The fourth-order valence-corrected chi connectivity index (χ4v) is 3.43. The Kier molecular flexibility index (Phi) is 6.36. The minimum absolute atomic E-state index is 0.349. The second kappa shape index (κ2) is 8.92. The average Bonchev–Trinajstić information content (AvgIpc) is 2.67. The van der Waals surface area contributed by atoms with Crippen LogP contribution in [0.2, 0.25) is 0 Å². The van der Waals surface area contributed by atoms with E-state index in [4.69, 9.17) is 9.84 Å². The summed E-state index contributed by atoms with van der Waals surface area (Å²) in [5, 5.41) is 8.96. The number of nitrogens with zero attached hydrogens (tertiary/aromatic N) is 4. The fraction of sp³-hybridized carbons (Fsp3) is 0.450. The molecular formula is C20H26N4O3. The van der Waals surface area contributed by atoms with E-state index in [1.807, 2.05) is 18.2 Å². The summed E-state index contributed by atoms with van der Waals surface area (Å²) in [6.45, 7) is 2.38. The Balaban J connectivity index is 1.84. The molecule has 1 atom stereocenters. The first-order valence-electron chi connectivity index (χ1n) is 9.15. The van der Waals surface area contributed by atoms with Crippen LogP contribution in [0.25, 0.3) is 11.3 Å². The maximum atomic E-state index is 10.9. The van der Waals surface area contributed by atoms with Crippen molar-refractivity contribution in [2.75, 3.05) is 33.8 Å². The van der Waals surface area contributed by atoms with E-state index in [1.165, 1.54) is 6.42 Å². The summed E-state index contributed by atoms with van der Waals surface area (Å²) in [5.41, 5.74) is 2.70. The molecule has 0 saturated carbocycles. The predicted molar refractivity (Wildman–Crippen MR) is 103 cm³/mol. The fourth-order valence-electron chi connectivity index (χ4n) is 3.43. The number of benzene rings is 1. The Morgan fingerprint density at radius 1 is 1.37 bits per heavy atom. The predicted octanol–water partition coefficient (Wildman–Crippen LogP) is 2.13. The maximum absolute atomic E-state index is 10.9. The van der Waals surface area contributed by atoms with Crippen LogP contribution in [0, 0.1) is 0 Å². The lowest BCUT2D eigenvalue weighted by Crippen LogP contribution is -2.44. The second-order valence-electron chi connectivity index (χ2n) is 7.09. The van der Waals surface area contributed by atoms with Crippen LogP contribution in [0.5, 0.6) is 5.75 Å². The second-order valence-corrected chi connectivity index (χ2v) is 7.09. The maximum Gasteiger partial charge on any atom is 0.341 e. The highest BCUT2D eigenvalue weighted by Crippen LogP contribution is 2.28. The molecule has 2 heterocycles. The molecule has 0 amide bonds. The SMILES string of the molecule is CN(C)[C@@H]1CCCN(Cc2cc(-c3cnccn3)ccc2OCC(=O)O)C1. The van der Waals surface area contributed by atoms with Crippen LogP contribution in [0.15, 0.2) is 36.8 Å². The first kappa shape index (κ1) is 19.3. The molecule has 1 aromatic carbocycles. The van der Waals surface area contributed by atoms with Gasteiger partial charge in [0, 0.05) is 42.7 Å². The zero-order valence-corrected chi connectivity index (χ0v) is 15.8. The van der Waals surface area contributed by atoms with Crippen molar-refractivity contribution in [3.8, 4) is 17.0 Å². The molecule has 0 aliphatic carbocycles. The summed E-state index contributed by atoms with van der Waals surface area (Å²) in [7, 11) is 4.23. The van der Waals surface area contributed by atoms with Crippen molar-refractivity contribution in [3.63, 3.8) is 0 Å². The minimum Gasteiger partial charge on any atom is -0.482 e. The van der Waals surface area contributed by atoms with Gasteiger partial charge in [-0.15, -0.1) is 0 Å². The highest BCUT2D eigenvalue weighted by molar-refractivity contribution is 5.69. The molecule has 1 N–H and O–H groups in total. The quantitative estimate of drug-likeness (QED) is 0.800. The van der Waals surface area contributed by atoms with Crippen molar-refractivity contribution in [2.45, 2.75) is 25.4 Å². The monoisotopic (exact) mass is 370 g/mol. The van der Waals surface area contributed by atoms with Crippen LogP contribution in [0.4, 0.5) is 0 Å². The first-order valence-corrected chi connectivity index (χ1v) is 9.15. The van der Waals surface area contributed by atoms with Crippen LogP contribution in [0.1, 0.15) is 18.4 Å². The van der Waals surface area contributed by atoms with Gasteiger partial charge in [0.2, 0.25) is 0 Å². The third kappa shape index (κ3) is 5.24. The summed E-state index contributed by atoms with van der Waals surface area (Å²) in [5.74, 6) is -0.374. The van der Waals surface area contributed by atoms with Gasteiger partial charge < -0.3 is 14.7 Å². The molecule has 0 radical (unpaired) electrons. The van der Waals surface area contributed by atoms with E-state index in [9.17, 15) is 4.79 Å². The van der Waals surface area contributed by atoms with Gasteiger partial charge in [-0.05, 0) is 51.7 Å². The smallest absolute Gasteiger partial charge is 0.341 e. The Bertz CT molecular complexity index is 767. The standard InChI is InChI=1S/C20H26N4O3/c1-23(2)17-4-3-9-24(13-17)12-16-10-15(18-11-21-7-8-22-18)5-6-19(16)27-14-20(25)26/h5-8,10-11,17H,3-4,9,12-14H2,1-2H3,(H,25,26)/t17-/m1/s1. The molecule has 2 aromatic rings. The number of ether oxygens (including phenoxy) is 1. The zero-order valence-electron chi connectivity index (χ0n) is 15.8. The van der Waals surface area contributed by atoms with Crippen LogP contribution >= 0.6 is 0 Å². The third-order valence-electron chi connectivity index (χ3n) is 4.88. The number of hydrogen-bond acceptors (Lipinski definition) is 6. The lowest BCUT2D eigenvalue weighted by molar-refractivity contribution is -0.139. The van der Waals surface area contributed by atoms with Crippen molar-refractivity contribution in [1.29, 1.82) is 0 Å². The van der Waals surface area contributed by atoms with Crippen LogP contribution in [-0.2, 0) is 11.3 Å². The molecule has 1 saturated heterocycles. The number of likely N-dealkylation sites (N-methyl/N-ethyl adjacent to an activating group) is 1. The van der Waals surface area contributed by atoms with Gasteiger partial charge in [0.25, 0.3) is 0 Å². The normalized spacial score (nSPS) is 17.8. The zero-order chi connectivity index (χ0) is 19.2. The van der Waals surface area contributed by atoms with E-state index in [0.717, 1.165) is 36.3 Å². The molecule has 1 fully saturated rings. The molecule has 7 nitrogen and oxygen atoms in total. The van der Waals surface area contributed by atoms with Crippen molar-refractivity contribution in [1.82, 2.24) is 19.8 Å². The summed E-state index contributed by atoms with van der Waals surface area (Å²) in [4.78, 5) is 24.1. The molecule has 1 aromatic heterocycles. The number of aromatic nitrogens is 2. The summed E-state index contributed by atoms with van der Waals surface area (Å²) in [6.07, 6.45) is 7.38. The molecule has 0 bridgehead atoms. The van der Waals surface area contributed by atoms with Crippen molar-refractivity contribution in [3.05, 3.63) is 42.4 Å². The number of likely N-dealkylation sites (tertiary alicyclic amines) is 1. The molecule has 1 aliphatic heterocycles. The van der Waals surface area contributed by atoms with Crippen molar-refractivity contribution < 1.29 is 14.6 Å². The highest BCUT2D eigenvalue weighted by atomic mass is 16.5. The van der Waals surface area contributed by atoms with Gasteiger partial charge in [0.1, 0.15) is 5.75 Å². The van der Waals surface area contributed by atoms with Crippen LogP contribution in [-0.4, -0.2) is 70.7 Å². The van der Waals surface area contributed by atoms with Crippen molar-refractivity contribution >= 4 is 5.97 Å². The van der Waals surface area contributed by atoms with E-state index in [1.54, 1.807) is 18.6 Å². The largest absolute Gasteiger partial charge is 0.482 e. The molecule has 0 spiro atoms. The van der Waals surface area contributed by atoms with E-state index in [2.05, 4.69) is 33.9 Å². The molecule has 1 aliphatic rings. The van der Waals surface area contributed by atoms with Crippen molar-refractivity contribution in [2.24, 2.45) is 0 Å². The van der Waals surface area contributed by atoms with Gasteiger partial charge in [0.05, 0.1) is 11.9 Å². The molecule has 27 heavy (non-hydrogen) atoms. The van der Waals surface area contributed by atoms with E-state index in [-0.39, 0.29) is 6.61 Å². The number of hydrogen-bond donors (Lipinski definition) is 1. The summed E-state index contributed by atoms with van der Waals surface area (Å²) >= 11 is 0. The van der Waals surface area contributed by atoms with E-state index in [0.29, 0.717) is 18.3 Å². The van der Waals surface area contributed by atoms with Gasteiger partial charge >= 0.3 is 5.97 Å². The lowest BCUT2D eigenvalue weighted by Gasteiger charge is -2.36. The molecule has 3 rings (SSSR count). The number of carboxylic acids is 1. The summed E-state index contributed by atoms with van der Waals surface area (Å²) in [6, 6.07) is 6.28. The van der Waals surface area contributed by atoms with E-state index >= 15 is 0 Å². The first-order chi connectivity index (χ1) is 13.0. The van der Waals surface area contributed by atoms with Crippen LogP contribution < -0.4 is 4.74 Å². The lowest BCUT2D eigenvalue weighted by atomic mass is 10.0. The Morgan fingerprint density at radius 2 is 2.22 bits per heavy atom. The van der Waals surface area contributed by atoms with Gasteiger partial charge in [0.15, 0.2) is 6.61 Å². The van der Waals surface area contributed by atoms with Gasteiger partial charge in [-0.1, -0.05) is 0 Å². The number of aliphatic carboxylic acids is 1. The van der Waals surface area contributed by atoms with Gasteiger partial charge in [-0.2, -0.15) is 0 Å². The van der Waals surface area contributed by atoms with Gasteiger partial charge in [-0.25, -0.2) is 4.79 Å². The number of piperidine rings is 1. The van der Waals surface area contributed by atoms with Gasteiger partial charge in [-0.3, -0.25) is 14.9 Å². The Hall–Kier alpha value is -2.51. The van der Waals surface area contributed by atoms with Crippen LogP contribution in [0.3, 0.4) is 0 Å². The topological polar surface area (TPSA) is 78.8 Å². The Morgan fingerprint density at radius 3 is 2.93 bits per heavy atom. The Labute approximate surface area is 159 Å². The molecule has 144 valence electrons. The minimum atomic E-state index is -0.982. The summed E-state index contributed by atoms with van der Waals surface area (Å²) < 4.78 is 5.53. The van der Waals surface area contributed by atoms with E-state index < -0.39 is 5.97 Å². The number of rotatable bonds is 7. The average molecular weight is 370 g/mol. The molecular weight excluding hydrogens is 344 g/mol. The molecule has 7 heteroatoms. The number of carbonyl (C=O) groups is 1. The molecule has 0 unspecified atom stereocenters. The third-order valence-corrected chi connectivity index (χ3v) is 4.88. The number of carboxylic acid groups (broad SMARTS) is 1.